The highest BCUT2D eigenvalue weighted by Gasteiger charge is 2.35. The fraction of sp³-hybridized carbons (Fsp3) is 0.625. The van der Waals surface area contributed by atoms with Gasteiger partial charge in [0.2, 0.25) is 0 Å². The van der Waals surface area contributed by atoms with Crippen molar-refractivity contribution in [2.75, 3.05) is 19.6 Å². The lowest BCUT2D eigenvalue weighted by molar-refractivity contribution is 0.303. The van der Waals surface area contributed by atoms with Gasteiger partial charge in [0.05, 0.1) is 0 Å². The highest BCUT2D eigenvalue weighted by atomic mass is 15.2. The molecule has 1 saturated carbocycles. The van der Waals surface area contributed by atoms with Crippen molar-refractivity contribution in [1.82, 2.24) is 4.90 Å². The summed E-state index contributed by atoms with van der Waals surface area (Å²) in [6.45, 7) is 4.54. The highest BCUT2D eigenvalue weighted by Crippen LogP contribution is 2.38. The number of nitrogens with two attached hydrogens (primary N) is 1. The van der Waals surface area contributed by atoms with Gasteiger partial charge in [0.25, 0.3) is 0 Å². The first-order valence-electron chi connectivity index (χ1n) is 7.35. The van der Waals surface area contributed by atoms with Crippen molar-refractivity contribution in [3.05, 3.63) is 35.4 Å². The molecule has 2 nitrogen and oxygen atoms in total. The third-order valence-electron chi connectivity index (χ3n) is 4.66. The van der Waals surface area contributed by atoms with Crippen molar-refractivity contribution in [2.45, 2.75) is 32.2 Å². The molecule has 18 heavy (non-hydrogen) atoms. The first-order chi connectivity index (χ1) is 8.85. The van der Waals surface area contributed by atoms with Gasteiger partial charge >= 0.3 is 0 Å². The third kappa shape index (κ3) is 2.60. The lowest BCUT2D eigenvalue weighted by Crippen LogP contribution is -2.21. The van der Waals surface area contributed by atoms with Crippen LogP contribution in [-0.4, -0.2) is 24.5 Å². The maximum atomic E-state index is 5.57. The topological polar surface area (TPSA) is 29.3 Å². The lowest BCUT2D eigenvalue weighted by Gasteiger charge is -2.17. The van der Waals surface area contributed by atoms with E-state index < -0.39 is 0 Å². The van der Waals surface area contributed by atoms with Crippen molar-refractivity contribution >= 4 is 0 Å². The Morgan fingerprint density at radius 3 is 2.22 bits per heavy atom. The maximum Gasteiger partial charge on any atom is 0.0233 e. The van der Waals surface area contributed by atoms with Gasteiger partial charge < -0.3 is 5.73 Å². The minimum atomic E-state index is 0.745. The molecule has 98 valence electrons. The molecule has 1 aliphatic heterocycles. The number of hydrogen-bond donors (Lipinski definition) is 1. The van der Waals surface area contributed by atoms with E-state index in [9.17, 15) is 0 Å². The Kier molecular flexibility index (Phi) is 3.67. The zero-order chi connectivity index (χ0) is 12.4. The second-order valence-corrected chi connectivity index (χ2v) is 6.00. The van der Waals surface area contributed by atoms with Gasteiger partial charge in [-0.1, -0.05) is 30.7 Å². The number of rotatable bonds is 4. The van der Waals surface area contributed by atoms with Crippen molar-refractivity contribution in [3.8, 4) is 0 Å². The van der Waals surface area contributed by atoms with E-state index in [-0.39, 0.29) is 0 Å². The zero-order valence-corrected chi connectivity index (χ0v) is 11.1. The van der Waals surface area contributed by atoms with Crippen LogP contribution in [0.1, 0.15) is 30.4 Å². The Labute approximate surface area is 110 Å². The molecule has 2 heteroatoms. The van der Waals surface area contributed by atoms with E-state index in [1.807, 2.05) is 0 Å². The first-order valence-corrected chi connectivity index (χ1v) is 7.35. The summed E-state index contributed by atoms with van der Waals surface area (Å²) in [4.78, 5) is 2.65. The minimum absolute atomic E-state index is 0.745. The summed E-state index contributed by atoms with van der Waals surface area (Å²) in [5.41, 5.74) is 8.39. The molecular formula is C16H24N2. The molecule has 1 aromatic rings. The molecule has 2 atom stereocenters. The van der Waals surface area contributed by atoms with Crippen molar-refractivity contribution in [2.24, 2.45) is 17.6 Å². The van der Waals surface area contributed by atoms with Crippen LogP contribution in [-0.2, 0) is 13.0 Å². The van der Waals surface area contributed by atoms with E-state index in [1.54, 1.807) is 0 Å². The summed E-state index contributed by atoms with van der Waals surface area (Å²) in [5, 5.41) is 0. The van der Waals surface area contributed by atoms with Gasteiger partial charge in [-0.15, -0.1) is 0 Å². The predicted octanol–water partition coefficient (Wildman–Crippen LogP) is 2.42. The summed E-state index contributed by atoms with van der Waals surface area (Å²) in [6.07, 6.45) is 5.40. The standard InChI is InChI=1S/C16H24N2/c17-9-8-13-4-6-14(7-5-13)10-18-11-15-2-1-3-16(15)12-18/h4-7,15-16H,1-3,8-12,17H2. The van der Waals surface area contributed by atoms with E-state index in [1.165, 1.54) is 43.5 Å². The van der Waals surface area contributed by atoms with Crippen LogP contribution in [0.4, 0.5) is 0 Å². The van der Waals surface area contributed by atoms with E-state index in [0.29, 0.717) is 0 Å². The van der Waals surface area contributed by atoms with Crippen LogP contribution in [0.25, 0.3) is 0 Å². The summed E-state index contributed by atoms with van der Waals surface area (Å²) in [5.74, 6) is 2.00. The molecule has 3 rings (SSSR count). The van der Waals surface area contributed by atoms with E-state index in [4.69, 9.17) is 5.73 Å². The van der Waals surface area contributed by atoms with Gasteiger partial charge in [0, 0.05) is 19.6 Å². The Morgan fingerprint density at radius 1 is 1.00 bits per heavy atom. The van der Waals surface area contributed by atoms with Gasteiger partial charge in [0.15, 0.2) is 0 Å². The number of nitrogens with zero attached hydrogens (tertiary/aromatic N) is 1. The Balaban J connectivity index is 1.56. The van der Waals surface area contributed by atoms with Crippen molar-refractivity contribution in [3.63, 3.8) is 0 Å². The number of fused-ring (bicyclic) bond motifs is 1. The second kappa shape index (κ2) is 5.41. The lowest BCUT2D eigenvalue weighted by atomic mass is 10.0. The third-order valence-corrected chi connectivity index (χ3v) is 4.66. The van der Waals surface area contributed by atoms with E-state index in [0.717, 1.165) is 31.3 Å². The second-order valence-electron chi connectivity index (χ2n) is 6.00. The van der Waals surface area contributed by atoms with Crippen LogP contribution in [0.2, 0.25) is 0 Å². The SMILES string of the molecule is NCCc1ccc(CN2CC3CCCC3C2)cc1. The molecular weight excluding hydrogens is 220 g/mol. The Morgan fingerprint density at radius 2 is 1.61 bits per heavy atom. The highest BCUT2D eigenvalue weighted by molar-refractivity contribution is 5.23. The molecule has 0 amide bonds. The van der Waals surface area contributed by atoms with Crippen molar-refractivity contribution in [1.29, 1.82) is 0 Å². The van der Waals surface area contributed by atoms with Crippen LogP contribution in [0, 0.1) is 11.8 Å². The van der Waals surface area contributed by atoms with E-state index in [2.05, 4.69) is 29.2 Å². The normalized spacial score (nSPS) is 27.6. The molecule has 2 aliphatic rings. The minimum Gasteiger partial charge on any atom is -0.330 e. The number of likely N-dealkylation sites (tertiary alicyclic amines) is 1. The fourth-order valence-corrected chi connectivity index (χ4v) is 3.70. The molecule has 1 heterocycles. The molecule has 1 aromatic carbocycles. The molecule has 0 bridgehead atoms. The molecule has 2 fully saturated rings. The molecule has 0 radical (unpaired) electrons. The van der Waals surface area contributed by atoms with E-state index >= 15 is 0 Å². The van der Waals surface area contributed by atoms with Crippen LogP contribution < -0.4 is 5.73 Å². The molecule has 0 aromatic heterocycles. The number of benzene rings is 1. The summed E-state index contributed by atoms with van der Waals surface area (Å²) >= 11 is 0. The molecule has 2 unspecified atom stereocenters. The van der Waals surface area contributed by atoms with Crippen molar-refractivity contribution < 1.29 is 0 Å². The van der Waals surface area contributed by atoms with Gasteiger partial charge in [-0.3, -0.25) is 4.90 Å². The average molecular weight is 244 g/mol. The van der Waals surface area contributed by atoms with Crippen LogP contribution in [0.15, 0.2) is 24.3 Å². The van der Waals surface area contributed by atoms with Gasteiger partial charge in [0.1, 0.15) is 0 Å². The zero-order valence-electron chi connectivity index (χ0n) is 11.1. The summed E-state index contributed by atoms with van der Waals surface area (Å²) < 4.78 is 0. The monoisotopic (exact) mass is 244 g/mol. The Hall–Kier alpha value is -0.860. The van der Waals surface area contributed by atoms with Gasteiger partial charge in [-0.25, -0.2) is 0 Å². The van der Waals surface area contributed by atoms with Crippen LogP contribution >= 0.6 is 0 Å². The largest absolute Gasteiger partial charge is 0.330 e. The van der Waals surface area contributed by atoms with Gasteiger partial charge in [-0.2, -0.15) is 0 Å². The summed E-state index contributed by atoms with van der Waals surface area (Å²) in [7, 11) is 0. The molecule has 1 aliphatic carbocycles. The Bertz CT molecular complexity index is 373. The molecule has 1 saturated heterocycles. The fourth-order valence-electron chi connectivity index (χ4n) is 3.70. The maximum absolute atomic E-state index is 5.57. The van der Waals surface area contributed by atoms with Crippen LogP contribution in [0.5, 0.6) is 0 Å². The quantitative estimate of drug-likeness (QED) is 0.881. The molecule has 0 spiro atoms. The first kappa shape index (κ1) is 12.2. The number of hydrogen-bond acceptors (Lipinski definition) is 2. The van der Waals surface area contributed by atoms with Crippen LogP contribution in [0.3, 0.4) is 0 Å². The smallest absolute Gasteiger partial charge is 0.0233 e. The van der Waals surface area contributed by atoms with Gasteiger partial charge in [-0.05, 0) is 48.8 Å². The predicted molar refractivity (Wildman–Crippen MR) is 75.3 cm³/mol. The molecule has 2 N–H and O–H groups in total. The summed E-state index contributed by atoms with van der Waals surface area (Å²) in [6, 6.07) is 9.02. The average Bonchev–Trinajstić information content (AvgIpc) is 2.92.